The Morgan fingerprint density at radius 1 is 0.919 bits per heavy atom. The highest BCUT2D eigenvalue weighted by Gasteiger charge is 2.51. The molecule has 2 aromatic heterocycles. The summed E-state index contributed by atoms with van der Waals surface area (Å²) in [6.07, 6.45) is -5.16. The van der Waals surface area contributed by atoms with Crippen molar-refractivity contribution in [3.8, 4) is 0 Å². The standard InChI is InChI=1S/C26H17F2N3O6/c27-8-1-3-10-12(5-8)29-19-15(10)17-18(25(35)30-24(17)34)16-11-4-2-9(28)6-13(11)31(20(16)19)26-22(33)23-21(32)14(37-26)7-36-23/h1-6,14,21-23,26,29,32-33H,7H2,(H,30,34,35)/t14?,21?,22?,23?,26-/m1/s1. The van der Waals surface area contributed by atoms with Crippen molar-refractivity contribution < 1.29 is 38.1 Å². The molecule has 0 radical (unpaired) electrons. The average Bonchev–Trinajstić information content (AvgIpc) is 3.54. The molecule has 186 valence electrons. The zero-order chi connectivity index (χ0) is 25.3. The lowest BCUT2D eigenvalue weighted by atomic mass is 9.96. The van der Waals surface area contributed by atoms with Gasteiger partial charge in [0.25, 0.3) is 11.8 Å². The van der Waals surface area contributed by atoms with Gasteiger partial charge in [-0.25, -0.2) is 8.78 Å². The third-order valence-corrected chi connectivity index (χ3v) is 7.76. The number of aromatic amines is 1. The van der Waals surface area contributed by atoms with Crippen molar-refractivity contribution in [1.82, 2.24) is 14.9 Å². The molecule has 2 fully saturated rings. The Labute approximate surface area is 205 Å². The maximum absolute atomic E-state index is 14.6. The van der Waals surface area contributed by atoms with Gasteiger partial charge in [0, 0.05) is 27.1 Å². The van der Waals surface area contributed by atoms with E-state index in [4.69, 9.17) is 9.47 Å². The Kier molecular flexibility index (Phi) is 3.95. The van der Waals surface area contributed by atoms with Crippen LogP contribution < -0.4 is 5.32 Å². The largest absolute Gasteiger partial charge is 0.387 e. The fraction of sp³-hybridized carbons (Fsp3) is 0.231. The van der Waals surface area contributed by atoms with Crippen molar-refractivity contribution in [3.05, 3.63) is 59.2 Å². The van der Waals surface area contributed by atoms with Crippen LogP contribution in [0.3, 0.4) is 0 Å². The molecule has 5 aromatic rings. The number of fused-ring (bicyclic) bond motifs is 12. The van der Waals surface area contributed by atoms with Crippen molar-refractivity contribution in [2.24, 2.45) is 0 Å². The minimum Gasteiger partial charge on any atom is -0.387 e. The van der Waals surface area contributed by atoms with Crippen LogP contribution in [0, 0.1) is 11.6 Å². The minimum absolute atomic E-state index is 0.0677. The molecule has 11 heteroatoms. The third kappa shape index (κ3) is 2.54. The van der Waals surface area contributed by atoms with Crippen LogP contribution in [0.2, 0.25) is 0 Å². The number of benzene rings is 3. The summed E-state index contributed by atoms with van der Waals surface area (Å²) < 4.78 is 42.0. The van der Waals surface area contributed by atoms with Crippen molar-refractivity contribution >= 4 is 55.4 Å². The summed E-state index contributed by atoms with van der Waals surface area (Å²) in [6.45, 7) is 0.0677. The fourth-order valence-electron chi connectivity index (χ4n) is 6.26. The van der Waals surface area contributed by atoms with Crippen molar-refractivity contribution in [2.45, 2.75) is 30.6 Å². The average molecular weight is 505 g/mol. The number of nitrogens with zero attached hydrogens (tertiary/aromatic N) is 1. The van der Waals surface area contributed by atoms with Crippen LogP contribution in [0.25, 0.3) is 43.6 Å². The molecular formula is C26H17F2N3O6. The van der Waals surface area contributed by atoms with Gasteiger partial charge in [0.1, 0.15) is 36.1 Å². The first-order chi connectivity index (χ1) is 17.8. The number of carbonyl (C=O) groups excluding carboxylic acids is 2. The number of H-pyrrole nitrogens is 1. The highest BCUT2D eigenvalue weighted by molar-refractivity contribution is 6.39. The number of ether oxygens (including phenoxy) is 2. The van der Waals surface area contributed by atoms with E-state index in [9.17, 15) is 28.6 Å². The lowest BCUT2D eigenvalue weighted by Crippen LogP contribution is -2.50. The number of aliphatic hydroxyl groups excluding tert-OH is 2. The molecule has 0 spiro atoms. The van der Waals surface area contributed by atoms with Gasteiger partial charge in [-0.3, -0.25) is 14.9 Å². The van der Waals surface area contributed by atoms with Gasteiger partial charge >= 0.3 is 0 Å². The number of imide groups is 1. The smallest absolute Gasteiger partial charge is 0.259 e. The number of halogens is 2. The van der Waals surface area contributed by atoms with Crippen LogP contribution in [0.1, 0.15) is 26.9 Å². The first-order valence-corrected chi connectivity index (χ1v) is 11.7. The third-order valence-electron chi connectivity index (χ3n) is 7.76. The SMILES string of the molecule is O=C1NC(=O)c2c1c1c3ccc(F)cc3[nH]c1c1c2c2ccc(F)cc2n1[C@@H]1OC2COC(C2O)C1O. The molecule has 37 heavy (non-hydrogen) atoms. The number of aromatic nitrogens is 2. The van der Waals surface area contributed by atoms with Gasteiger partial charge in [-0.1, -0.05) is 0 Å². The molecule has 3 aliphatic rings. The number of aliphatic hydroxyl groups is 2. The van der Waals surface area contributed by atoms with E-state index in [-0.39, 0.29) is 17.7 Å². The summed E-state index contributed by atoms with van der Waals surface area (Å²) >= 11 is 0. The van der Waals surface area contributed by atoms with Crippen LogP contribution in [0.5, 0.6) is 0 Å². The predicted octanol–water partition coefficient (Wildman–Crippen LogP) is 2.61. The van der Waals surface area contributed by atoms with Crippen LogP contribution in [-0.4, -0.2) is 62.6 Å². The Balaban J connectivity index is 1.61. The number of nitrogens with one attached hydrogen (secondary N) is 2. The molecule has 3 aliphatic heterocycles. The van der Waals surface area contributed by atoms with E-state index >= 15 is 0 Å². The first-order valence-electron chi connectivity index (χ1n) is 11.7. The van der Waals surface area contributed by atoms with E-state index in [2.05, 4.69) is 10.3 Å². The van der Waals surface area contributed by atoms with E-state index in [1.165, 1.54) is 36.4 Å². The molecule has 4 unspecified atom stereocenters. The second kappa shape index (κ2) is 6.90. The maximum Gasteiger partial charge on any atom is 0.259 e. The molecule has 0 aliphatic carbocycles. The highest BCUT2D eigenvalue weighted by Crippen LogP contribution is 2.47. The van der Waals surface area contributed by atoms with Crippen LogP contribution >= 0.6 is 0 Å². The molecular weight excluding hydrogens is 488 g/mol. The summed E-state index contributed by atoms with van der Waals surface area (Å²) in [6, 6.07) is 8.07. The number of rotatable bonds is 1. The Bertz CT molecular complexity index is 1880. The van der Waals surface area contributed by atoms with Gasteiger partial charge in [0.15, 0.2) is 6.23 Å². The molecule has 9 nitrogen and oxygen atoms in total. The number of hydrogen-bond donors (Lipinski definition) is 4. The van der Waals surface area contributed by atoms with E-state index in [0.717, 1.165) is 0 Å². The summed E-state index contributed by atoms with van der Waals surface area (Å²) in [5.74, 6) is -2.27. The summed E-state index contributed by atoms with van der Waals surface area (Å²) in [5, 5.41) is 25.7. The van der Waals surface area contributed by atoms with Gasteiger partial charge in [-0.05, 0) is 36.4 Å². The number of carbonyl (C=O) groups is 2. The predicted molar refractivity (Wildman–Crippen MR) is 126 cm³/mol. The maximum atomic E-state index is 14.6. The normalized spacial score (nSPS) is 27.2. The lowest BCUT2D eigenvalue weighted by molar-refractivity contribution is -0.192. The highest BCUT2D eigenvalue weighted by atomic mass is 19.1. The molecule has 2 amide bonds. The van der Waals surface area contributed by atoms with Gasteiger partial charge in [0.2, 0.25) is 0 Å². The summed E-state index contributed by atoms with van der Waals surface area (Å²) in [5.41, 5.74) is 1.71. The van der Waals surface area contributed by atoms with E-state index < -0.39 is 54.1 Å². The van der Waals surface area contributed by atoms with Gasteiger partial charge in [-0.15, -0.1) is 0 Å². The van der Waals surface area contributed by atoms with Crippen molar-refractivity contribution in [2.75, 3.05) is 6.61 Å². The van der Waals surface area contributed by atoms with E-state index in [0.29, 0.717) is 43.6 Å². The Morgan fingerprint density at radius 2 is 1.62 bits per heavy atom. The number of hydrogen-bond acceptors (Lipinski definition) is 6. The first kappa shape index (κ1) is 21.2. The zero-order valence-corrected chi connectivity index (χ0v) is 18.8. The monoisotopic (exact) mass is 505 g/mol. The van der Waals surface area contributed by atoms with E-state index in [1.807, 2.05) is 0 Å². The fourth-order valence-corrected chi connectivity index (χ4v) is 6.26. The Hall–Kier alpha value is -3.90. The van der Waals surface area contributed by atoms with Gasteiger partial charge in [0.05, 0.1) is 34.3 Å². The van der Waals surface area contributed by atoms with E-state index in [1.54, 1.807) is 4.57 Å². The van der Waals surface area contributed by atoms with Crippen LogP contribution in [0.15, 0.2) is 36.4 Å². The number of amides is 2. The second-order valence-corrected chi connectivity index (χ2v) is 9.70. The summed E-state index contributed by atoms with van der Waals surface area (Å²) in [4.78, 5) is 29.4. The van der Waals surface area contributed by atoms with Crippen LogP contribution in [-0.2, 0) is 9.47 Å². The van der Waals surface area contributed by atoms with Crippen molar-refractivity contribution in [1.29, 1.82) is 0 Å². The Morgan fingerprint density at radius 3 is 2.41 bits per heavy atom. The van der Waals surface area contributed by atoms with Crippen LogP contribution in [0.4, 0.5) is 8.78 Å². The van der Waals surface area contributed by atoms with Crippen molar-refractivity contribution in [3.63, 3.8) is 0 Å². The molecule has 2 bridgehead atoms. The topological polar surface area (TPSA) is 126 Å². The zero-order valence-electron chi connectivity index (χ0n) is 18.8. The summed E-state index contributed by atoms with van der Waals surface area (Å²) in [7, 11) is 0. The molecule has 2 saturated heterocycles. The lowest BCUT2D eigenvalue weighted by Gasteiger charge is -2.36. The molecule has 5 heterocycles. The molecule has 5 atom stereocenters. The quantitative estimate of drug-likeness (QED) is 0.260. The van der Waals surface area contributed by atoms with Gasteiger partial charge in [-0.2, -0.15) is 0 Å². The van der Waals surface area contributed by atoms with Gasteiger partial charge < -0.3 is 29.2 Å². The molecule has 4 N–H and O–H groups in total. The molecule has 3 aromatic carbocycles. The molecule has 8 rings (SSSR count). The molecule has 0 saturated carbocycles. The second-order valence-electron chi connectivity index (χ2n) is 9.70. The minimum atomic E-state index is -1.34.